The third-order valence-electron chi connectivity index (χ3n) is 3.85. The predicted molar refractivity (Wildman–Crippen MR) is 90.5 cm³/mol. The maximum atomic E-state index is 12.9. The maximum absolute atomic E-state index is 12.9. The molecule has 0 unspecified atom stereocenters. The van der Waals surface area contributed by atoms with E-state index in [4.69, 9.17) is 11.6 Å². The molecule has 3 nitrogen and oxygen atoms in total. The second-order valence-corrected chi connectivity index (χ2v) is 5.87. The van der Waals surface area contributed by atoms with Gasteiger partial charge in [-0.2, -0.15) is 0 Å². The number of H-pyrrole nitrogens is 1. The van der Waals surface area contributed by atoms with Gasteiger partial charge in [0.05, 0.1) is 0 Å². The van der Waals surface area contributed by atoms with Gasteiger partial charge in [0.25, 0.3) is 5.91 Å². The molecule has 118 valence electrons. The second-order valence-electron chi connectivity index (χ2n) is 5.43. The van der Waals surface area contributed by atoms with Gasteiger partial charge in [0.1, 0.15) is 5.82 Å². The lowest BCUT2D eigenvalue weighted by atomic mass is 10.1. The number of fused-ring (bicyclic) bond motifs is 1. The largest absolute Gasteiger partial charge is 0.358 e. The Morgan fingerprint density at radius 2 is 1.96 bits per heavy atom. The highest BCUT2D eigenvalue weighted by molar-refractivity contribution is 6.31. The average Bonchev–Trinajstić information content (AvgIpc) is 2.83. The van der Waals surface area contributed by atoms with E-state index in [1.54, 1.807) is 0 Å². The van der Waals surface area contributed by atoms with Gasteiger partial charge >= 0.3 is 0 Å². The van der Waals surface area contributed by atoms with Crippen molar-refractivity contribution in [2.24, 2.45) is 0 Å². The number of carbonyl (C=O) groups is 1. The topological polar surface area (TPSA) is 44.9 Å². The molecule has 1 amide bonds. The van der Waals surface area contributed by atoms with Crippen molar-refractivity contribution in [2.75, 3.05) is 6.54 Å². The first kappa shape index (κ1) is 15.6. The summed E-state index contributed by atoms with van der Waals surface area (Å²) >= 11 is 6.06. The van der Waals surface area contributed by atoms with E-state index >= 15 is 0 Å². The van der Waals surface area contributed by atoms with Crippen molar-refractivity contribution in [1.82, 2.24) is 10.3 Å². The summed E-state index contributed by atoms with van der Waals surface area (Å²) in [6.07, 6.45) is 0.694. The quantitative estimate of drug-likeness (QED) is 0.738. The Bertz CT molecular complexity index is 855. The first-order valence-electron chi connectivity index (χ1n) is 7.35. The number of amides is 1. The first-order chi connectivity index (χ1) is 11.0. The van der Waals surface area contributed by atoms with E-state index in [-0.39, 0.29) is 11.7 Å². The Balaban J connectivity index is 1.69. The van der Waals surface area contributed by atoms with E-state index in [0.717, 1.165) is 22.2 Å². The lowest BCUT2D eigenvalue weighted by Crippen LogP contribution is -2.25. The van der Waals surface area contributed by atoms with Crippen LogP contribution >= 0.6 is 11.6 Å². The zero-order valence-electron chi connectivity index (χ0n) is 12.6. The third kappa shape index (κ3) is 3.37. The van der Waals surface area contributed by atoms with Crippen LogP contribution in [0, 0.1) is 12.7 Å². The van der Waals surface area contributed by atoms with Gasteiger partial charge in [0.15, 0.2) is 0 Å². The molecule has 1 heterocycles. The van der Waals surface area contributed by atoms with Crippen molar-refractivity contribution in [2.45, 2.75) is 13.3 Å². The number of carbonyl (C=O) groups excluding carboxylic acids is 1. The van der Waals surface area contributed by atoms with Crippen LogP contribution in [-0.4, -0.2) is 17.4 Å². The van der Waals surface area contributed by atoms with Crippen molar-refractivity contribution < 1.29 is 9.18 Å². The molecule has 2 N–H and O–H groups in total. The zero-order valence-corrected chi connectivity index (χ0v) is 13.4. The number of hydrogen-bond acceptors (Lipinski definition) is 1. The van der Waals surface area contributed by atoms with Crippen LogP contribution < -0.4 is 5.32 Å². The Kier molecular flexibility index (Phi) is 4.35. The lowest BCUT2D eigenvalue weighted by Gasteiger charge is -2.06. The summed E-state index contributed by atoms with van der Waals surface area (Å²) in [4.78, 5) is 15.3. The molecule has 0 atom stereocenters. The average molecular weight is 331 g/mol. The van der Waals surface area contributed by atoms with Crippen molar-refractivity contribution >= 4 is 28.4 Å². The van der Waals surface area contributed by atoms with Gasteiger partial charge in [-0.3, -0.25) is 4.79 Å². The van der Waals surface area contributed by atoms with Crippen LogP contribution in [0.4, 0.5) is 4.39 Å². The fraction of sp³-hybridized carbons (Fsp3) is 0.167. The van der Waals surface area contributed by atoms with E-state index in [1.807, 2.05) is 25.1 Å². The summed E-state index contributed by atoms with van der Waals surface area (Å²) in [5.41, 5.74) is 3.69. The van der Waals surface area contributed by atoms with Gasteiger partial charge in [-0.25, -0.2) is 4.39 Å². The third-order valence-corrected chi connectivity index (χ3v) is 4.08. The van der Waals surface area contributed by atoms with Crippen molar-refractivity contribution in [3.8, 4) is 0 Å². The summed E-state index contributed by atoms with van der Waals surface area (Å²) in [7, 11) is 0. The SMILES string of the molecule is Cc1[nH]c2ccc(Cl)cc2c1CCNC(=O)c1ccc(F)cc1. The van der Waals surface area contributed by atoms with Crippen LogP contribution in [0.15, 0.2) is 42.5 Å². The second kappa shape index (κ2) is 6.42. The maximum Gasteiger partial charge on any atom is 0.251 e. The highest BCUT2D eigenvalue weighted by Crippen LogP contribution is 2.25. The minimum Gasteiger partial charge on any atom is -0.358 e. The van der Waals surface area contributed by atoms with Crippen molar-refractivity contribution in [3.05, 3.63) is 70.1 Å². The molecular weight excluding hydrogens is 315 g/mol. The molecule has 0 radical (unpaired) electrons. The molecule has 0 bridgehead atoms. The number of halogens is 2. The molecule has 1 aromatic heterocycles. The molecule has 0 fully saturated rings. The van der Waals surface area contributed by atoms with Gasteiger partial charge < -0.3 is 10.3 Å². The van der Waals surface area contributed by atoms with Crippen LogP contribution in [0.25, 0.3) is 10.9 Å². The summed E-state index contributed by atoms with van der Waals surface area (Å²) in [6, 6.07) is 11.2. The predicted octanol–water partition coefficient (Wildman–Crippen LogP) is 4.24. The van der Waals surface area contributed by atoms with E-state index < -0.39 is 0 Å². The lowest BCUT2D eigenvalue weighted by molar-refractivity contribution is 0.0954. The molecule has 2 aromatic carbocycles. The molecule has 0 spiro atoms. The minimum absolute atomic E-state index is 0.208. The van der Waals surface area contributed by atoms with Crippen molar-refractivity contribution in [3.63, 3.8) is 0 Å². The van der Waals surface area contributed by atoms with Gasteiger partial charge in [-0.15, -0.1) is 0 Å². The van der Waals surface area contributed by atoms with Crippen LogP contribution in [0.1, 0.15) is 21.6 Å². The van der Waals surface area contributed by atoms with Crippen LogP contribution in [0.3, 0.4) is 0 Å². The number of aryl methyl sites for hydroxylation is 1. The minimum atomic E-state index is -0.354. The number of aromatic amines is 1. The monoisotopic (exact) mass is 330 g/mol. The molecule has 5 heteroatoms. The standard InChI is InChI=1S/C18H16ClFN2O/c1-11-15(16-10-13(19)4-7-17(16)22-11)8-9-21-18(23)12-2-5-14(20)6-3-12/h2-7,10,22H,8-9H2,1H3,(H,21,23). The molecule has 23 heavy (non-hydrogen) atoms. The highest BCUT2D eigenvalue weighted by Gasteiger charge is 2.10. The highest BCUT2D eigenvalue weighted by atomic mass is 35.5. The normalized spacial score (nSPS) is 10.9. The Hall–Kier alpha value is -2.33. The number of nitrogens with one attached hydrogen (secondary N) is 2. The fourth-order valence-electron chi connectivity index (χ4n) is 2.68. The molecule has 0 aliphatic carbocycles. The van der Waals surface area contributed by atoms with Gasteiger partial charge in [0, 0.05) is 33.7 Å². The van der Waals surface area contributed by atoms with Gasteiger partial charge in [0.2, 0.25) is 0 Å². The van der Waals surface area contributed by atoms with Gasteiger partial charge in [-0.1, -0.05) is 11.6 Å². The zero-order chi connectivity index (χ0) is 16.4. The van der Waals surface area contributed by atoms with E-state index in [1.165, 1.54) is 24.3 Å². The molecule has 0 aliphatic heterocycles. The number of hydrogen-bond donors (Lipinski definition) is 2. The summed E-state index contributed by atoms with van der Waals surface area (Å²) in [5, 5.41) is 4.62. The van der Waals surface area contributed by atoms with Crippen LogP contribution in [0.5, 0.6) is 0 Å². The molecule has 0 aliphatic rings. The van der Waals surface area contributed by atoms with Crippen molar-refractivity contribution in [1.29, 1.82) is 0 Å². The van der Waals surface area contributed by atoms with Crippen LogP contribution in [-0.2, 0) is 6.42 Å². The van der Waals surface area contributed by atoms with E-state index in [2.05, 4.69) is 10.3 Å². The van der Waals surface area contributed by atoms with E-state index in [0.29, 0.717) is 23.6 Å². The number of aromatic nitrogens is 1. The summed E-state index contributed by atoms with van der Waals surface area (Å²) < 4.78 is 12.9. The summed E-state index contributed by atoms with van der Waals surface area (Å²) in [6.45, 7) is 2.50. The Labute approximate surface area is 138 Å². The molecule has 3 rings (SSSR count). The summed E-state index contributed by atoms with van der Waals surface area (Å²) in [5.74, 6) is -0.562. The van der Waals surface area contributed by atoms with Crippen LogP contribution in [0.2, 0.25) is 5.02 Å². The number of benzene rings is 2. The number of rotatable bonds is 4. The smallest absolute Gasteiger partial charge is 0.251 e. The molecule has 3 aromatic rings. The van der Waals surface area contributed by atoms with E-state index in [9.17, 15) is 9.18 Å². The molecular formula is C18H16ClFN2O. The Morgan fingerprint density at radius 3 is 2.70 bits per heavy atom. The van der Waals surface area contributed by atoms with Gasteiger partial charge in [-0.05, 0) is 61.4 Å². The molecule has 0 saturated carbocycles. The Morgan fingerprint density at radius 1 is 1.22 bits per heavy atom. The molecule has 0 saturated heterocycles. The fourth-order valence-corrected chi connectivity index (χ4v) is 2.85. The first-order valence-corrected chi connectivity index (χ1v) is 7.73.